The van der Waals surface area contributed by atoms with Crippen molar-refractivity contribution in [1.82, 2.24) is 4.90 Å². The van der Waals surface area contributed by atoms with Crippen molar-refractivity contribution in [2.24, 2.45) is 17.8 Å². The second-order valence-electron chi connectivity index (χ2n) is 7.49. The average molecular weight is 328 g/mol. The fourth-order valence-electron chi connectivity index (χ4n) is 4.95. The smallest absolute Gasteiger partial charge is 0.226 e. The van der Waals surface area contributed by atoms with Gasteiger partial charge in [0.1, 0.15) is 5.75 Å². The molecule has 3 aliphatic rings. The van der Waals surface area contributed by atoms with Crippen LogP contribution in [0.15, 0.2) is 24.3 Å². The van der Waals surface area contributed by atoms with Crippen molar-refractivity contribution in [2.75, 3.05) is 37.7 Å². The lowest BCUT2D eigenvalue weighted by molar-refractivity contribution is -0.137. The molecule has 3 fully saturated rings. The van der Waals surface area contributed by atoms with Gasteiger partial charge in [0.05, 0.1) is 12.3 Å². The molecule has 24 heavy (non-hydrogen) atoms. The van der Waals surface area contributed by atoms with Crippen LogP contribution in [-0.2, 0) is 4.79 Å². The molecule has 3 atom stereocenters. The monoisotopic (exact) mass is 328 g/mol. The first-order valence-electron chi connectivity index (χ1n) is 9.52. The highest BCUT2D eigenvalue weighted by Gasteiger charge is 2.44. The fraction of sp³-hybridized carbons (Fsp3) is 0.650. The van der Waals surface area contributed by atoms with Crippen LogP contribution in [0.2, 0.25) is 0 Å². The first-order valence-corrected chi connectivity index (χ1v) is 9.52. The Morgan fingerprint density at radius 3 is 2.58 bits per heavy atom. The molecular weight excluding hydrogens is 300 g/mol. The van der Waals surface area contributed by atoms with Gasteiger partial charge in [-0.05, 0) is 50.2 Å². The summed E-state index contributed by atoms with van der Waals surface area (Å²) in [5.74, 6) is 3.22. The highest BCUT2D eigenvalue weighted by Crippen LogP contribution is 2.49. The van der Waals surface area contributed by atoms with E-state index in [9.17, 15) is 4.79 Å². The third kappa shape index (κ3) is 2.87. The summed E-state index contributed by atoms with van der Waals surface area (Å²) in [6.45, 7) is 6.18. The zero-order valence-electron chi connectivity index (χ0n) is 14.6. The molecule has 3 unspecified atom stereocenters. The lowest BCUT2D eigenvalue weighted by atomic mass is 9.87. The van der Waals surface area contributed by atoms with Gasteiger partial charge >= 0.3 is 0 Å². The second-order valence-corrected chi connectivity index (χ2v) is 7.49. The van der Waals surface area contributed by atoms with Crippen LogP contribution in [0.3, 0.4) is 0 Å². The van der Waals surface area contributed by atoms with Gasteiger partial charge in [0.2, 0.25) is 5.91 Å². The molecule has 4 heteroatoms. The number of rotatable bonds is 4. The number of carbonyl (C=O) groups is 1. The molecule has 0 radical (unpaired) electrons. The minimum Gasteiger partial charge on any atom is -0.492 e. The van der Waals surface area contributed by atoms with Crippen molar-refractivity contribution >= 4 is 11.6 Å². The molecular formula is C20H28N2O2. The molecule has 4 rings (SSSR count). The summed E-state index contributed by atoms with van der Waals surface area (Å²) in [4.78, 5) is 17.4. The summed E-state index contributed by atoms with van der Waals surface area (Å²) in [6, 6.07) is 8.23. The van der Waals surface area contributed by atoms with E-state index >= 15 is 0 Å². The molecule has 2 bridgehead atoms. The van der Waals surface area contributed by atoms with Gasteiger partial charge in [-0.15, -0.1) is 0 Å². The van der Waals surface area contributed by atoms with E-state index in [2.05, 4.69) is 21.9 Å². The molecule has 130 valence electrons. The molecule has 1 heterocycles. The van der Waals surface area contributed by atoms with Crippen LogP contribution in [0.5, 0.6) is 5.75 Å². The van der Waals surface area contributed by atoms with E-state index in [-0.39, 0.29) is 0 Å². The van der Waals surface area contributed by atoms with Gasteiger partial charge in [0.25, 0.3) is 0 Å². The molecule has 1 aromatic rings. The van der Waals surface area contributed by atoms with E-state index in [4.69, 9.17) is 4.74 Å². The zero-order chi connectivity index (χ0) is 16.5. The summed E-state index contributed by atoms with van der Waals surface area (Å²) in [7, 11) is 0. The number of carbonyl (C=O) groups excluding carboxylic acids is 1. The molecule has 1 amide bonds. The largest absolute Gasteiger partial charge is 0.492 e. The third-order valence-corrected chi connectivity index (χ3v) is 6.15. The fourth-order valence-corrected chi connectivity index (χ4v) is 4.95. The number of amides is 1. The molecule has 0 spiro atoms. The summed E-state index contributed by atoms with van der Waals surface area (Å²) >= 11 is 0. The number of anilines is 1. The number of fused-ring (bicyclic) bond motifs is 2. The van der Waals surface area contributed by atoms with Crippen LogP contribution in [0.25, 0.3) is 0 Å². The number of ether oxygens (including phenoxy) is 1. The van der Waals surface area contributed by atoms with Gasteiger partial charge < -0.3 is 14.5 Å². The van der Waals surface area contributed by atoms with Crippen molar-refractivity contribution in [1.29, 1.82) is 0 Å². The molecule has 2 aliphatic carbocycles. The van der Waals surface area contributed by atoms with Crippen LogP contribution in [-0.4, -0.2) is 43.6 Å². The molecule has 1 aliphatic heterocycles. The summed E-state index contributed by atoms with van der Waals surface area (Å²) in [6.07, 6.45) is 5.09. The van der Waals surface area contributed by atoms with Crippen LogP contribution < -0.4 is 9.64 Å². The molecule has 0 aromatic heterocycles. The number of hydrogen-bond acceptors (Lipinski definition) is 3. The number of nitrogens with zero attached hydrogens (tertiary/aromatic N) is 2. The van der Waals surface area contributed by atoms with Gasteiger partial charge in [0, 0.05) is 32.1 Å². The van der Waals surface area contributed by atoms with Gasteiger partial charge in [-0.2, -0.15) is 0 Å². The van der Waals surface area contributed by atoms with Crippen LogP contribution in [0, 0.1) is 17.8 Å². The minimum atomic E-state index is 0.325. The topological polar surface area (TPSA) is 32.8 Å². The summed E-state index contributed by atoms with van der Waals surface area (Å²) < 4.78 is 5.76. The lowest BCUT2D eigenvalue weighted by Crippen LogP contribution is -2.51. The lowest BCUT2D eigenvalue weighted by Gasteiger charge is -2.38. The van der Waals surface area contributed by atoms with E-state index in [1.165, 1.54) is 19.3 Å². The Hall–Kier alpha value is -1.71. The van der Waals surface area contributed by atoms with Crippen LogP contribution in [0.4, 0.5) is 5.69 Å². The van der Waals surface area contributed by atoms with E-state index in [1.54, 1.807) is 0 Å². The quantitative estimate of drug-likeness (QED) is 0.851. The van der Waals surface area contributed by atoms with Gasteiger partial charge in [-0.25, -0.2) is 0 Å². The third-order valence-electron chi connectivity index (χ3n) is 6.15. The Morgan fingerprint density at radius 2 is 1.92 bits per heavy atom. The number of hydrogen-bond donors (Lipinski definition) is 0. The van der Waals surface area contributed by atoms with Crippen molar-refractivity contribution in [3.8, 4) is 5.75 Å². The van der Waals surface area contributed by atoms with Crippen LogP contribution in [0.1, 0.15) is 32.6 Å². The first kappa shape index (κ1) is 15.8. The molecule has 1 aromatic carbocycles. The number of benzene rings is 1. The Morgan fingerprint density at radius 1 is 1.12 bits per heavy atom. The van der Waals surface area contributed by atoms with Crippen molar-refractivity contribution < 1.29 is 9.53 Å². The highest BCUT2D eigenvalue weighted by molar-refractivity contribution is 5.80. The predicted octanol–water partition coefficient (Wildman–Crippen LogP) is 3.17. The van der Waals surface area contributed by atoms with Gasteiger partial charge in [0.15, 0.2) is 0 Å². The number of para-hydroxylation sites is 2. The normalized spacial score (nSPS) is 29.1. The Balaban J connectivity index is 1.38. The van der Waals surface area contributed by atoms with Crippen LogP contribution >= 0.6 is 0 Å². The highest BCUT2D eigenvalue weighted by atomic mass is 16.5. The molecule has 0 N–H and O–H groups in total. The molecule has 2 saturated carbocycles. The Labute approximate surface area is 144 Å². The molecule has 4 nitrogen and oxygen atoms in total. The zero-order valence-corrected chi connectivity index (χ0v) is 14.6. The maximum atomic E-state index is 12.9. The van der Waals surface area contributed by atoms with E-state index in [1.807, 2.05) is 19.1 Å². The van der Waals surface area contributed by atoms with E-state index in [0.29, 0.717) is 24.3 Å². The molecule has 1 saturated heterocycles. The minimum absolute atomic E-state index is 0.325. The second kappa shape index (κ2) is 6.66. The van der Waals surface area contributed by atoms with Crippen molar-refractivity contribution in [3.05, 3.63) is 24.3 Å². The average Bonchev–Trinajstić information content (AvgIpc) is 3.25. The Bertz CT molecular complexity index is 595. The summed E-state index contributed by atoms with van der Waals surface area (Å²) in [5.41, 5.74) is 1.16. The summed E-state index contributed by atoms with van der Waals surface area (Å²) in [5, 5.41) is 0. The standard InChI is InChI=1S/C20H28N2O2/c1-2-24-19-6-4-3-5-18(19)21-9-11-22(12-10-21)20(23)17-14-15-7-8-16(17)13-15/h3-6,15-17H,2,7-14H2,1H3. The maximum Gasteiger partial charge on any atom is 0.226 e. The van der Waals surface area contributed by atoms with Gasteiger partial charge in [-0.3, -0.25) is 4.79 Å². The van der Waals surface area contributed by atoms with Crippen molar-refractivity contribution in [2.45, 2.75) is 32.6 Å². The SMILES string of the molecule is CCOc1ccccc1N1CCN(C(=O)C2CC3CCC2C3)CC1. The first-order chi connectivity index (χ1) is 11.8. The predicted molar refractivity (Wildman–Crippen MR) is 95.3 cm³/mol. The van der Waals surface area contributed by atoms with Gasteiger partial charge in [-0.1, -0.05) is 18.6 Å². The Kier molecular flexibility index (Phi) is 4.38. The van der Waals surface area contributed by atoms with E-state index < -0.39 is 0 Å². The maximum absolute atomic E-state index is 12.9. The number of piperazine rings is 1. The van der Waals surface area contributed by atoms with E-state index in [0.717, 1.165) is 50.0 Å². The van der Waals surface area contributed by atoms with Crippen molar-refractivity contribution in [3.63, 3.8) is 0 Å².